The van der Waals surface area contributed by atoms with Crippen LogP contribution in [0.25, 0.3) is 0 Å². The van der Waals surface area contributed by atoms with Gasteiger partial charge in [-0.05, 0) is 77.0 Å². The molecule has 0 radical (unpaired) electrons. The van der Waals surface area contributed by atoms with E-state index in [1.54, 1.807) is 0 Å². The van der Waals surface area contributed by atoms with Crippen LogP contribution >= 0.6 is 0 Å². The lowest BCUT2D eigenvalue weighted by molar-refractivity contribution is -0.151. The van der Waals surface area contributed by atoms with Crippen molar-refractivity contribution in [1.29, 1.82) is 0 Å². The van der Waals surface area contributed by atoms with Crippen LogP contribution < -0.4 is 5.32 Å². The topological polar surface area (TPSA) is 95.9 Å². The molecule has 0 rings (SSSR count). The summed E-state index contributed by atoms with van der Waals surface area (Å²) in [6.07, 6.45) is 56.4. The molecule has 0 fully saturated rings. The average molecular weight is 844 g/mol. The number of rotatable bonds is 47. The predicted octanol–water partition coefficient (Wildman–Crippen LogP) is 15.7. The third kappa shape index (κ3) is 42.8. The molecule has 0 aliphatic heterocycles. The summed E-state index contributed by atoms with van der Waals surface area (Å²) in [6, 6.07) is -0.707. The second-order valence-corrected chi connectivity index (χ2v) is 17.9. The molecule has 0 aliphatic carbocycles. The van der Waals surface area contributed by atoms with E-state index < -0.39 is 18.2 Å². The number of carbonyl (C=O) groups excluding carboxylic acids is 2. The Labute approximate surface area is 373 Å². The maximum atomic E-state index is 13.2. The molecule has 3 atom stereocenters. The zero-order valence-electron chi connectivity index (χ0n) is 40.1. The Balaban J connectivity index is 4.53. The second-order valence-electron chi connectivity index (χ2n) is 17.9. The molecule has 0 aliphatic rings. The van der Waals surface area contributed by atoms with Gasteiger partial charge in [0.25, 0.3) is 0 Å². The highest BCUT2D eigenvalue weighted by Crippen LogP contribution is 2.18. The molecule has 1 amide bonds. The van der Waals surface area contributed by atoms with E-state index in [0.29, 0.717) is 19.3 Å². The minimum absolute atomic E-state index is 0.0642. The van der Waals surface area contributed by atoms with Crippen molar-refractivity contribution in [2.75, 3.05) is 6.61 Å². The van der Waals surface area contributed by atoms with E-state index in [4.69, 9.17) is 4.74 Å². The lowest BCUT2D eigenvalue weighted by Gasteiger charge is -2.24. The van der Waals surface area contributed by atoms with Crippen LogP contribution in [0.1, 0.15) is 271 Å². The number of esters is 1. The van der Waals surface area contributed by atoms with Crippen LogP contribution in [0.5, 0.6) is 0 Å². The third-order valence-corrected chi connectivity index (χ3v) is 12.0. The Kier molecular flexibility index (Phi) is 46.6. The van der Waals surface area contributed by atoms with Crippen LogP contribution in [0.15, 0.2) is 36.5 Å². The fourth-order valence-electron chi connectivity index (χ4n) is 7.99. The summed E-state index contributed by atoms with van der Waals surface area (Å²) in [5.41, 5.74) is 0. The van der Waals surface area contributed by atoms with E-state index in [9.17, 15) is 19.8 Å². The van der Waals surface area contributed by atoms with Gasteiger partial charge in [0.05, 0.1) is 25.2 Å². The van der Waals surface area contributed by atoms with Crippen molar-refractivity contribution >= 4 is 11.9 Å². The van der Waals surface area contributed by atoms with E-state index in [0.717, 1.165) is 83.5 Å². The number of ether oxygens (including phenoxy) is 1. The van der Waals surface area contributed by atoms with Gasteiger partial charge in [-0.15, -0.1) is 0 Å². The number of carbonyl (C=O) groups is 2. The highest BCUT2D eigenvalue weighted by molar-refractivity contribution is 5.77. The Bertz CT molecular complexity index is 993. The van der Waals surface area contributed by atoms with Crippen molar-refractivity contribution in [3.63, 3.8) is 0 Å². The molecule has 0 aromatic rings. The Morgan fingerprint density at radius 3 is 1.37 bits per heavy atom. The Morgan fingerprint density at radius 2 is 0.900 bits per heavy atom. The number of aliphatic hydroxyl groups is 2. The largest absolute Gasteiger partial charge is 0.462 e. The molecule has 3 N–H and O–H groups in total. The van der Waals surface area contributed by atoms with Gasteiger partial charge in [-0.1, -0.05) is 218 Å². The maximum absolute atomic E-state index is 13.2. The average Bonchev–Trinajstić information content (AvgIpc) is 3.24. The fraction of sp³-hybridized carbons (Fsp3) is 0.852. The van der Waals surface area contributed by atoms with Crippen LogP contribution in [0.4, 0.5) is 0 Å². The lowest BCUT2D eigenvalue weighted by Crippen LogP contribution is -2.46. The highest BCUT2D eigenvalue weighted by Gasteiger charge is 2.24. The molecule has 0 saturated carbocycles. The first-order chi connectivity index (χ1) is 29.5. The number of nitrogens with one attached hydrogen (secondary N) is 1. The predicted molar refractivity (Wildman–Crippen MR) is 259 cm³/mol. The molecule has 3 unspecified atom stereocenters. The summed E-state index contributed by atoms with van der Waals surface area (Å²) >= 11 is 0. The van der Waals surface area contributed by atoms with Gasteiger partial charge in [-0.3, -0.25) is 9.59 Å². The number of hydrogen-bond donors (Lipinski definition) is 3. The first kappa shape index (κ1) is 58.1. The number of amides is 1. The van der Waals surface area contributed by atoms with Gasteiger partial charge < -0.3 is 20.3 Å². The van der Waals surface area contributed by atoms with Crippen molar-refractivity contribution in [3.8, 4) is 0 Å². The van der Waals surface area contributed by atoms with Gasteiger partial charge in [-0.25, -0.2) is 0 Å². The molecular formula is C54H101NO5. The van der Waals surface area contributed by atoms with Crippen molar-refractivity contribution in [2.45, 2.75) is 289 Å². The maximum Gasteiger partial charge on any atom is 0.306 e. The Morgan fingerprint density at radius 1 is 0.500 bits per heavy atom. The van der Waals surface area contributed by atoms with Crippen molar-refractivity contribution in [3.05, 3.63) is 36.5 Å². The summed E-state index contributed by atoms with van der Waals surface area (Å²) < 4.78 is 5.91. The summed E-state index contributed by atoms with van der Waals surface area (Å²) in [5.74, 6) is -0.500. The van der Waals surface area contributed by atoms with Crippen LogP contribution in [0.2, 0.25) is 0 Å². The smallest absolute Gasteiger partial charge is 0.306 e. The van der Waals surface area contributed by atoms with E-state index in [-0.39, 0.29) is 24.9 Å². The van der Waals surface area contributed by atoms with Crippen LogP contribution in [-0.4, -0.2) is 46.9 Å². The molecule has 0 saturated heterocycles. The van der Waals surface area contributed by atoms with Crippen molar-refractivity contribution in [1.82, 2.24) is 5.32 Å². The molecule has 60 heavy (non-hydrogen) atoms. The van der Waals surface area contributed by atoms with Gasteiger partial charge in [0.2, 0.25) is 5.91 Å². The number of allylic oxidation sites excluding steroid dienone is 6. The normalized spacial score (nSPS) is 13.5. The molecule has 352 valence electrons. The summed E-state index contributed by atoms with van der Waals surface area (Å²) in [4.78, 5) is 26.1. The number of aliphatic hydroxyl groups excluding tert-OH is 2. The van der Waals surface area contributed by atoms with Gasteiger partial charge in [-0.2, -0.15) is 0 Å². The first-order valence-electron chi connectivity index (χ1n) is 26.2. The van der Waals surface area contributed by atoms with Gasteiger partial charge in [0.1, 0.15) is 6.10 Å². The minimum Gasteiger partial charge on any atom is -0.462 e. The highest BCUT2D eigenvalue weighted by atomic mass is 16.5. The van der Waals surface area contributed by atoms with E-state index in [1.165, 1.54) is 141 Å². The number of hydrogen-bond acceptors (Lipinski definition) is 5. The second kappa shape index (κ2) is 48.1. The first-order valence-corrected chi connectivity index (χ1v) is 26.2. The quantitative estimate of drug-likeness (QED) is 0.0322. The summed E-state index contributed by atoms with van der Waals surface area (Å²) in [5, 5.41) is 23.8. The van der Waals surface area contributed by atoms with Gasteiger partial charge >= 0.3 is 5.97 Å². The number of unbranched alkanes of at least 4 members (excludes halogenated alkanes) is 29. The molecule has 6 nitrogen and oxygen atoms in total. The summed E-state index contributed by atoms with van der Waals surface area (Å²) in [7, 11) is 0. The van der Waals surface area contributed by atoms with E-state index in [1.807, 2.05) is 0 Å². The molecule has 0 aromatic heterocycles. The van der Waals surface area contributed by atoms with Crippen LogP contribution in [-0.2, 0) is 14.3 Å². The van der Waals surface area contributed by atoms with Crippen LogP contribution in [0, 0.1) is 0 Å². The van der Waals surface area contributed by atoms with Crippen LogP contribution in [0.3, 0.4) is 0 Å². The molecule has 6 heteroatoms. The van der Waals surface area contributed by atoms with Gasteiger partial charge in [0, 0.05) is 6.42 Å². The van der Waals surface area contributed by atoms with Crippen molar-refractivity contribution < 1.29 is 24.5 Å². The molecule has 0 aromatic carbocycles. The van der Waals surface area contributed by atoms with Crippen molar-refractivity contribution in [2.24, 2.45) is 0 Å². The molecule has 0 heterocycles. The zero-order chi connectivity index (χ0) is 43.8. The molecule has 0 spiro atoms. The van der Waals surface area contributed by atoms with E-state index in [2.05, 4.69) is 62.5 Å². The SMILES string of the molecule is CC/C=C/C/C=C/CCCCCCCC(CC(=O)NC(CO)C(O)CCCCCCCCCCCCCCCCCC)OC(=O)CCCCC/C=C\CCCCCCCC. The zero-order valence-corrected chi connectivity index (χ0v) is 40.1. The fourth-order valence-corrected chi connectivity index (χ4v) is 7.99. The van der Waals surface area contributed by atoms with Gasteiger partial charge in [0.15, 0.2) is 0 Å². The molecular weight excluding hydrogens is 743 g/mol. The van der Waals surface area contributed by atoms with E-state index >= 15 is 0 Å². The standard InChI is InChI=1S/C54H101NO5/c1-4-7-10-13-16-19-22-25-26-27-29-31-34-37-40-43-46-52(57)51(49-56)55-53(58)48-50(45-42-39-36-33-30-24-21-18-15-12-9-6-3)60-54(59)47-44-41-38-35-32-28-23-20-17-14-11-8-5-2/h9,12,18,21,28,32,50-52,56-57H,4-8,10-11,13-17,19-20,22-27,29-31,33-49H2,1-3H3,(H,55,58)/b12-9+,21-18+,32-28-. The Hall–Kier alpha value is -1.92. The summed E-state index contributed by atoms with van der Waals surface area (Å²) in [6.45, 7) is 6.38. The lowest BCUT2D eigenvalue weighted by atomic mass is 10.0. The monoisotopic (exact) mass is 844 g/mol. The molecule has 0 bridgehead atoms. The minimum atomic E-state index is -0.792. The third-order valence-electron chi connectivity index (χ3n) is 12.0.